The quantitative estimate of drug-likeness (QED) is 0.441. The van der Waals surface area contributed by atoms with Gasteiger partial charge in [0.05, 0.1) is 42.1 Å². The first-order valence-corrected chi connectivity index (χ1v) is 8.57. The summed E-state index contributed by atoms with van der Waals surface area (Å²) in [5.41, 5.74) is -0.605. The Morgan fingerprint density at radius 2 is 1.81 bits per heavy atom. The van der Waals surface area contributed by atoms with Gasteiger partial charge in [0.15, 0.2) is 5.78 Å². The molecule has 1 heterocycles. The van der Waals surface area contributed by atoms with E-state index >= 15 is 0 Å². The number of aliphatic hydroxyl groups excluding tert-OH is 1. The van der Waals surface area contributed by atoms with Gasteiger partial charge < -0.3 is 24.8 Å². The third-order valence-corrected chi connectivity index (χ3v) is 5.71. The fourth-order valence-electron chi connectivity index (χ4n) is 4.33. The molecule has 7 heteroatoms. The van der Waals surface area contributed by atoms with E-state index in [2.05, 4.69) is 0 Å². The smallest absolute Gasteiger partial charge is 0.202 e. The summed E-state index contributed by atoms with van der Waals surface area (Å²) in [6, 6.07) is 4.62. The van der Waals surface area contributed by atoms with Crippen molar-refractivity contribution in [3.8, 4) is 17.2 Å². The van der Waals surface area contributed by atoms with E-state index in [0.29, 0.717) is 6.61 Å². The minimum Gasteiger partial charge on any atom is -0.507 e. The number of methoxy groups -OCH3 is 1. The topological polar surface area (TPSA) is 117 Å². The number of carbonyl (C=O) groups is 2. The molecule has 2 unspecified atom stereocenters. The second-order valence-corrected chi connectivity index (χ2v) is 7.25. The molecule has 2 atom stereocenters. The highest BCUT2D eigenvalue weighted by Gasteiger charge is 2.53. The molecule has 1 aliphatic heterocycles. The van der Waals surface area contributed by atoms with Gasteiger partial charge in [-0.25, -0.2) is 0 Å². The van der Waals surface area contributed by atoms with Crippen LogP contribution in [-0.2, 0) is 11.2 Å². The van der Waals surface area contributed by atoms with Crippen molar-refractivity contribution in [1.29, 1.82) is 0 Å². The number of benzene rings is 2. The number of ketones is 2. The average Bonchev–Trinajstić information content (AvgIpc) is 3.39. The number of fused-ring (bicyclic) bond motifs is 3. The van der Waals surface area contributed by atoms with E-state index in [1.54, 1.807) is 12.1 Å². The predicted molar refractivity (Wildman–Crippen MR) is 91.6 cm³/mol. The molecule has 27 heavy (non-hydrogen) atoms. The molecule has 1 saturated heterocycles. The summed E-state index contributed by atoms with van der Waals surface area (Å²) in [5, 5.41) is 32.2. The van der Waals surface area contributed by atoms with E-state index in [4.69, 9.17) is 9.47 Å². The minimum absolute atomic E-state index is 0.0412. The minimum atomic E-state index is -1.10. The molecule has 0 radical (unpaired) electrons. The molecule has 1 fully saturated rings. The fraction of sp³-hybridized carbons (Fsp3) is 0.300. The van der Waals surface area contributed by atoms with Crippen LogP contribution in [0.2, 0.25) is 0 Å². The number of carbonyl (C=O) groups excluding carboxylic acids is 2. The van der Waals surface area contributed by atoms with E-state index in [9.17, 15) is 24.9 Å². The molecule has 1 spiro atoms. The molecule has 5 rings (SSSR count). The van der Waals surface area contributed by atoms with Gasteiger partial charge in [-0.05, 0) is 6.07 Å². The van der Waals surface area contributed by atoms with Crippen molar-refractivity contribution in [3.63, 3.8) is 0 Å². The molecule has 0 bridgehead atoms. The Hall–Kier alpha value is -2.90. The van der Waals surface area contributed by atoms with Crippen LogP contribution in [-0.4, -0.2) is 46.2 Å². The lowest BCUT2D eigenvalue weighted by atomic mass is 9.74. The van der Waals surface area contributed by atoms with Crippen molar-refractivity contribution >= 4 is 11.6 Å². The summed E-state index contributed by atoms with van der Waals surface area (Å²) in [4.78, 5) is 26.2. The number of phenolic OH excluding ortho intramolecular Hbond substituents is 2. The number of ether oxygens (including phenoxy) is 2. The zero-order valence-corrected chi connectivity index (χ0v) is 14.4. The summed E-state index contributed by atoms with van der Waals surface area (Å²) >= 11 is 0. The number of aromatic hydroxyl groups is 2. The summed E-state index contributed by atoms with van der Waals surface area (Å²) in [6.07, 6.45) is -0.582. The fourth-order valence-corrected chi connectivity index (χ4v) is 4.33. The first-order valence-electron chi connectivity index (χ1n) is 8.57. The van der Waals surface area contributed by atoms with Gasteiger partial charge in [-0.1, -0.05) is 12.1 Å². The number of epoxide rings is 1. The van der Waals surface area contributed by atoms with E-state index in [-0.39, 0.29) is 57.7 Å². The summed E-state index contributed by atoms with van der Waals surface area (Å²) in [7, 11) is 1.38. The number of hydrogen-bond donors (Lipinski definition) is 3. The van der Waals surface area contributed by atoms with Crippen LogP contribution in [0, 0.1) is 0 Å². The molecular weight excluding hydrogens is 352 g/mol. The SMILES string of the molecule is COc1cccc2c1C(=O)c1c(O)c3c(c(O)c1C2=O)CC1(CO1)CC3O. The van der Waals surface area contributed by atoms with E-state index in [0.717, 1.165) is 0 Å². The average molecular weight is 368 g/mol. The van der Waals surface area contributed by atoms with Crippen LogP contribution in [0.15, 0.2) is 18.2 Å². The van der Waals surface area contributed by atoms with Gasteiger partial charge in [-0.2, -0.15) is 0 Å². The molecule has 0 aromatic heterocycles. The van der Waals surface area contributed by atoms with Crippen LogP contribution in [0.1, 0.15) is 55.5 Å². The van der Waals surface area contributed by atoms with Crippen LogP contribution < -0.4 is 4.74 Å². The molecule has 7 nitrogen and oxygen atoms in total. The largest absolute Gasteiger partial charge is 0.507 e. The molecule has 0 amide bonds. The van der Waals surface area contributed by atoms with E-state index < -0.39 is 29.0 Å². The molecule has 2 aromatic rings. The molecule has 138 valence electrons. The predicted octanol–water partition coefficient (Wildman–Crippen LogP) is 1.63. The third-order valence-electron chi connectivity index (χ3n) is 5.71. The summed E-state index contributed by atoms with van der Waals surface area (Å²) in [6.45, 7) is 0.438. The van der Waals surface area contributed by atoms with E-state index in [1.807, 2.05) is 0 Å². The van der Waals surface area contributed by atoms with Crippen molar-refractivity contribution in [1.82, 2.24) is 0 Å². The van der Waals surface area contributed by atoms with Gasteiger partial charge in [0.2, 0.25) is 5.78 Å². The Labute approximate surface area is 153 Å². The highest BCUT2D eigenvalue weighted by Crippen LogP contribution is 2.54. The highest BCUT2D eigenvalue weighted by molar-refractivity contribution is 6.31. The molecule has 3 N–H and O–H groups in total. The van der Waals surface area contributed by atoms with Crippen molar-refractivity contribution in [2.24, 2.45) is 0 Å². The number of hydrogen-bond acceptors (Lipinski definition) is 7. The van der Waals surface area contributed by atoms with Crippen molar-refractivity contribution < 1.29 is 34.4 Å². The molecule has 0 saturated carbocycles. The molecule has 2 aliphatic carbocycles. The Morgan fingerprint density at radius 3 is 2.48 bits per heavy atom. The summed E-state index contributed by atoms with van der Waals surface area (Å²) < 4.78 is 10.6. The number of aliphatic hydroxyl groups is 1. The first-order chi connectivity index (χ1) is 12.9. The maximum atomic E-state index is 13.1. The standard InChI is InChI=1S/C20H16O7/c1-26-11-4-2-3-8-13(11)19(25)15-14(16(8)22)17(23)9-5-20(7-27-20)6-10(21)12(9)18(15)24/h2-4,10,21,23-24H,5-7H2,1H3. The van der Waals surface area contributed by atoms with Crippen LogP contribution in [0.4, 0.5) is 0 Å². The van der Waals surface area contributed by atoms with Crippen molar-refractivity contribution in [2.45, 2.75) is 24.5 Å². The lowest BCUT2D eigenvalue weighted by Gasteiger charge is -2.31. The Kier molecular flexibility index (Phi) is 3.07. The first kappa shape index (κ1) is 16.3. The van der Waals surface area contributed by atoms with Gasteiger partial charge in [-0.15, -0.1) is 0 Å². The number of phenols is 2. The monoisotopic (exact) mass is 368 g/mol. The van der Waals surface area contributed by atoms with Gasteiger partial charge in [0.1, 0.15) is 17.2 Å². The Balaban J connectivity index is 1.82. The second kappa shape index (κ2) is 5.09. The number of rotatable bonds is 1. The van der Waals surface area contributed by atoms with Gasteiger partial charge in [0, 0.05) is 29.5 Å². The van der Waals surface area contributed by atoms with Gasteiger partial charge >= 0.3 is 0 Å². The lowest BCUT2D eigenvalue weighted by Crippen LogP contribution is -2.29. The molecule has 2 aromatic carbocycles. The highest BCUT2D eigenvalue weighted by atomic mass is 16.6. The maximum absolute atomic E-state index is 13.1. The van der Waals surface area contributed by atoms with Crippen LogP contribution in [0.3, 0.4) is 0 Å². The zero-order chi connectivity index (χ0) is 19.1. The Bertz CT molecular complexity index is 1050. The lowest BCUT2D eigenvalue weighted by molar-refractivity contribution is 0.0958. The van der Waals surface area contributed by atoms with Crippen LogP contribution in [0.5, 0.6) is 17.2 Å². The third kappa shape index (κ3) is 1.98. The van der Waals surface area contributed by atoms with E-state index in [1.165, 1.54) is 13.2 Å². The van der Waals surface area contributed by atoms with Crippen molar-refractivity contribution in [2.75, 3.05) is 13.7 Å². The molecular formula is C20H16O7. The summed E-state index contributed by atoms with van der Waals surface area (Å²) in [5.74, 6) is -1.82. The van der Waals surface area contributed by atoms with Crippen molar-refractivity contribution in [3.05, 3.63) is 51.6 Å². The van der Waals surface area contributed by atoms with Gasteiger partial charge in [-0.3, -0.25) is 9.59 Å². The van der Waals surface area contributed by atoms with Gasteiger partial charge in [0.25, 0.3) is 0 Å². The van der Waals surface area contributed by atoms with Crippen LogP contribution in [0.25, 0.3) is 0 Å². The Morgan fingerprint density at radius 1 is 1.11 bits per heavy atom. The molecule has 3 aliphatic rings. The maximum Gasteiger partial charge on any atom is 0.202 e. The second-order valence-electron chi connectivity index (χ2n) is 7.25. The zero-order valence-electron chi connectivity index (χ0n) is 14.4. The normalized spacial score (nSPS) is 25.0. The van der Waals surface area contributed by atoms with Crippen LogP contribution >= 0.6 is 0 Å².